The van der Waals surface area contributed by atoms with Crippen LogP contribution < -0.4 is 0 Å². The van der Waals surface area contributed by atoms with E-state index in [1.54, 1.807) is 0 Å². The third-order valence-corrected chi connectivity index (χ3v) is 2.70. The number of aliphatic imine (C=N–C) groups is 1. The average molecular weight is 239 g/mol. The number of nitrogens with zero attached hydrogens (tertiary/aromatic N) is 1. The van der Waals surface area contributed by atoms with Crippen molar-refractivity contribution in [2.75, 3.05) is 0 Å². The van der Waals surface area contributed by atoms with Crippen LogP contribution in [0.15, 0.2) is 16.3 Å². The van der Waals surface area contributed by atoms with Crippen molar-refractivity contribution in [2.24, 2.45) is 4.99 Å². The number of carboxylic acids is 1. The average Bonchev–Trinajstić information content (AvgIpc) is 2.31. The molecule has 0 saturated carbocycles. The molecule has 0 fully saturated rings. The Hall–Kier alpha value is -1.41. The molecule has 1 N–H and O–H groups in total. The molecule has 0 aromatic carbocycles. The summed E-state index contributed by atoms with van der Waals surface area (Å²) >= 11 is 0. The van der Waals surface area contributed by atoms with Crippen LogP contribution in [0.2, 0.25) is 0 Å². The molecule has 0 atom stereocenters. The highest BCUT2D eigenvalue weighted by Gasteiger charge is 2.08. The maximum atomic E-state index is 10.7. The summed E-state index contributed by atoms with van der Waals surface area (Å²) in [7, 11) is 0. The number of hydrogen-bond acceptors (Lipinski definition) is 3. The molecule has 0 rings (SSSR count). The van der Waals surface area contributed by atoms with Gasteiger partial charge in [-0.15, -0.1) is 0 Å². The molecular formula is C13H21NO3. The largest absolute Gasteiger partial charge is 0.478 e. The zero-order chi connectivity index (χ0) is 13.1. The number of carbonyl (C=O) groups is 1. The van der Waals surface area contributed by atoms with Crippen LogP contribution in [-0.2, 0) is 9.59 Å². The molecule has 0 aliphatic carbocycles. The van der Waals surface area contributed by atoms with Gasteiger partial charge < -0.3 is 5.11 Å². The lowest BCUT2D eigenvalue weighted by molar-refractivity contribution is -0.132. The number of isocyanates is 1. The second-order valence-corrected chi connectivity index (χ2v) is 4.10. The van der Waals surface area contributed by atoms with Crippen LogP contribution in [0.25, 0.3) is 0 Å². The standard InChI is InChI=1S/C13H21NO3/c1-3-4-5-6-7-8-9-12(14-10-15)11(2)13(16)17/h3-9H2,1-2H3,(H,16,17)/b12-11+. The molecule has 0 saturated heterocycles. The molecule has 0 aliphatic heterocycles. The maximum Gasteiger partial charge on any atom is 0.333 e. The summed E-state index contributed by atoms with van der Waals surface area (Å²) in [6.07, 6.45) is 8.69. The minimum absolute atomic E-state index is 0.141. The van der Waals surface area contributed by atoms with Gasteiger partial charge >= 0.3 is 5.97 Å². The fraction of sp³-hybridized carbons (Fsp3) is 0.692. The predicted octanol–water partition coefficient (Wildman–Crippen LogP) is 3.43. The van der Waals surface area contributed by atoms with Gasteiger partial charge in [0.05, 0.1) is 11.3 Å². The SMILES string of the molecule is CCCCCCCC/C(N=C=O)=C(/C)C(=O)O. The van der Waals surface area contributed by atoms with Gasteiger partial charge in [-0.3, -0.25) is 0 Å². The molecule has 17 heavy (non-hydrogen) atoms. The lowest BCUT2D eigenvalue weighted by Gasteiger charge is -2.03. The summed E-state index contributed by atoms with van der Waals surface area (Å²) in [5.74, 6) is -1.02. The summed E-state index contributed by atoms with van der Waals surface area (Å²) < 4.78 is 0. The summed E-state index contributed by atoms with van der Waals surface area (Å²) in [6.45, 7) is 3.63. The minimum atomic E-state index is -1.02. The first-order valence-corrected chi connectivity index (χ1v) is 6.14. The van der Waals surface area contributed by atoms with Gasteiger partial charge in [-0.25, -0.2) is 9.59 Å². The van der Waals surface area contributed by atoms with E-state index in [1.807, 2.05) is 0 Å². The topological polar surface area (TPSA) is 66.7 Å². The highest BCUT2D eigenvalue weighted by molar-refractivity contribution is 5.86. The fourth-order valence-electron chi connectivity index (χ4n) is 1.58. The molecule has 0 spiro atoms. The molecule has 0 heterocycles. The van der Waals surface area contributed by atoms with Crippen LogP contribution in [0.3, 0.4) is 0 Å². The first-order valence-electron chi connectivity index (χ1n) is 6.14. The van der Waals surface area contributed by atoms with Gasteiger partial charge in [-0.1, -0.05) is 39.0 Å². The number of rotatable bonds is 9. The molecule has 0 amide bonds. The highest BCUT2D eigenvalue weighted by Crippen LogP contribution is 2.16. The normalized spacial score (nSPS) is 11.6. The van der Waals surface area contributed by atoms with Crippen molar-refractivity contribution in [2.45, 2.75) is 58.8 Å². The summed E-state index contributed by atoms with van der Waals surface area (Å²) in [5, 5.41) is 8.80. The lowest BCUT2D eigenvalue weighted by Crippen LogP contribution is -2.00. The molecule has 4 nitrogen and oxygen atoms in total. The van der Waals surface area contributed by atoms with Gasteiger partial charge in [0.15, 0.2) is 0 Å². The minimum Gasteiger partial charge on any atom is -0.478 e. The van der Waals surface area contributed by atoms with E-state index in [0.717, 1.165) is 19.3 Å². The summed E-state index contributed by atoms with van der Waals surface area (Å²) in [6, 6.07) is 0. The van der Waals surface area contributed by atoms with Crippen LogP contribution in [0, 0.1) is 0 Å². The second kappa shape index (κ2) is 9.79. The van der Waals surface area contributed by atoms with Gasteiger partial charge in [0.25, 0.3) is 0 Å². The Morgan fingerprint density at radius 1 is 1.18 bits per heavy atom. The first-order chi connectivity index (χ1) is 8.13. The van der Waals surface area contributed by atoms with Crippen molar-refractivity contribution in [3.05, 3.63) is 11.3 Å². The molecule has 96 valence electrons. The van der Waals surface area contributed by atoms with E-state index in [9.17, 15) is 9.59 Å². The van der Waals surface area contributed by atoms with E-state index < -0.39 is 5.97 Å². The van der Waals surface area contributed by atoms with Crippen molar-refractivity contribution in [1.82, 2.24) is 0 Å². The Morgan fingerprint density at radius 2 is 1.76 bits per heavy atom. The number of carboxylic acid groups (broad SMARTS) is 1. The second-order valence-electron chi connectivity index (χ2n) is 4.10. The van der Waals surface area contributed by atoms with E-state index in [4.69, 9.17) is 5.11 Å². The van der Waals surface area contributed by atoms with Crippen molar-refractivity contribution in [1.29, 1.82) is 0 Å². The molecule has 0 radical (unpaired) electrons. The summed E-state index contributed by atoms with van der Waals surface area (Å²) in [4.78, 5) is 24.4. The zero-order valence-corrected chi connectivity index (χ0v) is 10.7. The third-order valence-electron chi connectivity index (χ3n) is 2.70. The van der Waals surface area contributed by atoms with E-state index in [-0.39, 0.29) is 5.57 Å². The Bertz CT molecular complexity index is 315. The van der Waals surface area contributed by atoms with Gasteiger partial charge in [0.2, 0.25) is 6.08 Å². The third kappa shape index (κ3) is 7.47. The van der Waals surface area contributed by atoms with Gasteiger partial charge in [0, 0.05) is 0 Å². The Kier molecular flexibility index (Phi) is 8.98. The van der Waals surface area contributed by atoms with Gasteiger partial charge in [-0.2, -0.15) is 4.99 Å². The molecule has 0 aromatic heterocycles. The maximum absolute atomic E-state index is 10.7. The predicted molar refractivity (Wildman–Crippen MR) is 66.5 cm³/mol. The van der Waals surface area contributed by atoms with Crippen LogP contribution in [0.4, 0.5) is 0 Å². The Balaban J connectivity index is 4.08. The van der Waals surface area contributed by atoms with E-state index in [1.165, 1.54) is 32.3 Å². The molecule has 0 aromatic rings. The molecule has 0 unspecified atom stereocenters. The van der Waals surface area contributed by atoms with Crippen LogP contribution in [0.1, 0.15) is 58.8 Å². The van der Waals surface area contributed by atoms with E-state index in [2.05, 4.69) is 11.9 Å². The number of aliphatic carboxylic acids is 1. The van der Waals surface area contributed by atoms with Crippen molar-refractivity contribution < 1.29 is 14.7 Å². The van der Waals surface area contributed by atoms with E-state index >= 15 is 0 Å². The van der Waals surface area contributed by atoms with Crippen LogP contribution in [0.5, 0.6) is 0 Å². The quantitative estimate of drug-likeness (QED) is 0.290. The van der Waals surface area contributed by atoms with E-state index in [0.29, 0.717) is 12.1 Å². The smallest absolute Gasteiger partial charge is 0.333 e. The summed E-state index contributed by atoms with van der Waals surface area (Å²) in [5.41, 5.74) is 0.491. The van der Waals surface area contributed by atoms with Crippen molar-refractivity contribution >= 4 is 12.0 Å². The number of hydrogen-bond donors (Lipinski definition) is 1. The van der Waals surface area contributed by atoms with Gasteiger partial charge in [-0.05, 0) is 19.8 Å². The van der Waals surface area contributed by atoms with Crippen molar-refractivity contribution in [3.63, 3.8) is 0 Å². The number of unbranched alkanes of at least 4 members (excludes halogenated alkanes) is 5. The fourth-order valence-corrected chi connectivity index (χ4v) is 1.58. The Morgan fingerprint density at radius 3 is 2.29 bits per heavy atom. The van der Waals surface area contributed by atoms with Crippen LogP contribution in [-0.4, -0.2) is 17.2 Å². The lowest BCUT2D eigenvalue weighted by atomic mass is 10.1. The number of carbonyl (C=O) groups excluding carboxylic acids is 1. The van der Waals surface area contributed by atoms with Crippen LogP contribution >= 0.6 is 0 Å². The number of allylic oxidation sites excluding steroid dienone is 1. The molecule has 0 bridgehead atoms. The highest BCUT2D eigenvalue weighted by atomic mass is 16.4. The Labute approximate surface area is 102 Å². The van der Waals surface area contributed by atoms with Gasteiger partial charge in [0.1, 0.15) is 0 Å². The molecule has 4 heteroatoms. The van der Waals surface area contributed by atoms with Crippen molar-refractivity contribution in [3.8, 4) is 0 Å². The monoisotopic (exact) mass is 239 g/mol. The first kappa shape index (κ1) is 15.6. The molecular weight excluding hydrogens is 218 g/mol. The zero-order valence-electron chi connectivity index (χ0n) is 10.7. The molecule has 0 aliphatic rings.